The highest BCUT2D eigenvalue weighted by Gasteiger charge is 2.15. The Balaban J connectivity index is 0.000000144. The number of pyridine rings is 6. The molecule has 18 aromatic rings. The van der Waals surface area contributed by atoms with Crippen LogP contribution in [-0.4, -0.2) is 49.8 Å². The molecule has 0 radical (unpaired) electrons. The molecule has 0 unspecified atom stereocenters. The molecule has 0 aliphatic heterocycles. The van der Waals surface area contributed by atoms with Crippen LogP contribution >= 0.6 is 0 Å². The summed E-state index contributed by atoms with van der Waals surface area (Å²) >= 11 is 0. The molecule has 8 aromatic heterocycles. The summed E-state index contributed by atoms with van der Waals surface area (Å²) in [5.74, 6) is 0.679. The SMILES string of the molecule is c1ccc(-c2cc(-c3ccc4ccc(-c5ccc6nc(-c7ccccc7)ccc6c5)cc4n3)nc(-c3ccccc3)n2)cc1.c1cnc2c(c1)ccc1ccc(-c3ccc4cc(-c5ccc6cc(-c7ccc8ccc(-c9ccncn9)nc8c7)ccc6n5)ccc4c3)nc12. The maximum atomic E-state index is 5.11. The Labute approximate surface area is 540 Å². The molecule has 0 saturated heterocycles. The number of aromatic nitrogens is 10. The largest absolute Gasteiger partial charge is 0.254 e. The lowest BCUT2D eigenvalue weighted by Gasteiger charge is -2.10. The summed E-state index contributed by atoms with van der Waals surface area (Å²) in [6.07, 6.45) is 5.11. The number of hydrogen-bond donors (Lipinski definition) is 0. The van der Waals surface area contributed by atoms with Crippen molar-refractivity contribution in [3.8, 4) is 101 Å². The van der Waals surface area contributed by atoms with Crippen LogP contribution in [0.3, 0.4) is 0 Å². The standard InChI is InChI=1S/C44H26N6.C40H26N4/c1-2-28-4-5-29-12-15-39(50-44(29)43(28)46-20-1)35-10-8-30-22-34(9-7-31(30)23-35)38-17-14-36-24-32(13-16-37(36)48-38)33-6-3-27-11-18-41(49-42(27)25-33)40-19-21-45-26-47-40;1-4-10-27(11-5-1)34-22-20-33-24-31(19-21-35(33)41-34)32-17-16-29-18-23-36(42-37(29)25-32)39-26-38(28-12-6-2-7-13-28)43-40(44-39)30-14-8-3-9-15-30/h1-26H;1-26H. The van der Waals surface area contributed by atoms with Crippen molar-refractivity contribution in [3.63, 3.8) is 0 Å². The summed E-state index contributed by atoms with van der Waals surface area (Å²) < 4.78 is 0. The van der Waals surface area contributed by atoms with E-state index in [-0.39, 0.29) is 0 Å². The van der Waals surface area contributed by atoms with Gasteiger partial charge in [0.2, 0.25) is 0 Å². The van der Waals surface area contributed by atoms with Crippen molar-refractivity contribution in [2.45, 2.75) is 0 Å². The quantitative estimate of drug-likeness (QED) is 0.129. The van der Waals surface area contributed by atoms with Crippen molar-refractivity contribution in [1.29, 1.82) is 0 Å². The van der Waals surface area contributed by atoms with Crippen LogP contribution in [0.4, 0.5) is 0 Å². The van der Waals surface area contributed by atoms with Crippen LogP contribution < -0.4 is 0 Å². The summed E-state index contributed by atoms with van der Waals surface area (Å²) in [7, 11) is 0. The fourth-order valence-electron chi connectivity index (χ4n) is 12.4. The molecule has 0 amide bonds. The highest BCUT2D eigenvalue weighted by molar-refractivity contribution is 6.04. The summed E-state index contributed by atoms with van der Waals surface area (Å²) in [4.78, 5) is 47.9. The second-order valence-electron chi connectivity index (χ2n) is 23.3. The van der Waals surface area contributed by atoms with Crippen molar-refractivity contribution in [1.82, 2.24) is 49.8 Å². The number of rotatable bonds is 9. The first-order valence-electron chi connectivity index (χ1n) is 31.1. The second-order valence-corrected chi connectivity index (χ2v) is 23.3. The van der Waals surface area contributed by atoms with Crippen molar-refractivity contribution in [2.24, 2.45) is 0 Å². The highest BCUT2D eigenvalue weighted by atomic mass is 14.9. The van der Waals surface area contributed by atoms with Crippen LogP contribution in [0.5, 0.6) is 0 Å². The van der Waals surface area contributed by atoms with Crippen molar-refractivity contribution in [3.05, 3.63) is 316 Å². The zero-order valence-corrected chi connectivity index (χ0v) is 50.5. The minimum Gasteiger partial charge on any atom is -0.254 e. The van der Waals surface area contributed by atoms with E-state index >= 15 is 0 Å². The van der Waals surface area contributed by atoms with E-state index in [2.05, 4.69) is 215 Å². The number of nitrogens with zero attached hydrogens (tertiary/aromatic N) is 10. The first-order chi connectivity index (χ1) is 46.5. The molecule has 0 atom stereocenters. The van der Waals surface area contributed by atoms with Crippen molar-refractivity contribution >= 4 is 76.2 Å². The molecule has 0 N–H and O–H groups in total. The monoisotopic (exact) mass is 1200 g/mol. The van der Waals surface area contributed by atoms with E-state index in [1.165, 1.54) is 0 Å². The fraction of sp³-hybridized carbons (Fsp3) is 0. The average molecular weight is 1200 g/mol. The van der Waals surface area contributed by atoms with Gasteiger partial charge in [0.25, 0.3) is 0 Å². The van der Waals surface area contributed by atoms with E-state index in [0.29, 0.717) is 5.82 Å². The van der Waals surface area contributed by atoms with Gasteiger partial charge in [0.1, 0.15) is 6.33 Å². The van der Waals surface area contributed by atoms with E-state index in [9.17, 15) is 0 Å². The molecule has 0 fully saturated rings. The van der Waals surface area contributed by atoms with Gasteiger partial charge in [-0.25, -0.2) is 44.9 Å². The lowest BCUT2D eigenvalue weighted by molar-refractivity contribution is 1.16. The lowest BCUT2D eigenvalue weighted by atomic mass is 9.99. The van der Waals surface area contributed by atoms with Gasteiger partial charge in [0, 0.05) is 72.5 Å². The summed E-state index contributed by atoms with van der Waals surface area (Å²) in [5, 5.41) is 8.85. The molecule has 10 heteroatoms. The molecule has 0 aliphatic rings. The zero-order chi connectivity index (χ0) is 62.3. The average Bonchev–Trinajstić information content (AvgIpc) is 0.861. The van der Waals surface area contributed by atoms with Crippen LogP contribution in [0.2, 0.25) is 0 Å². The summed E-state index contributed by atoms with van der Waals surface area (Å²) in [6, 6.07) is 102. The number of fused-ring (bicyclic) bond motifs is 8. The van der Waals surface area contributed by atoms with Crippen molar-refractivity contribution < 1.29 is 0 Å². The zero-order valence-electron chi connectivity index (χ0n) is 50.5. The van der Waals surface area contributed by atoms with Crippen LogP contribution in [0.1, 0.15) is 0 Å². The molecular weight excluding hydrogens is 1150 g/mol. The van der Waals surface area contributed by atoms with Gasteiger partial charge >= 0.3 is 0 Å². The van der Waals surface area contributed by atoms with Gasteiger partial charge < -0.3 is 0 Å². The Bertz CT molecular complexity index is 5870. The Morgan fingerprint density at radius 2 is 0.606 bits per heavy atom. The van der Waals surface area contributed by atoms with E-state index in [1.54, 1.807) is 12.5 Å². The minimum atomic E-state index is 0.679. The van der Waals surface area contributed by atoms with Crippen LogP contribution in [0, 0.1) is 0 Å². The molecule has 10 nitrogen and oxygen atoms in total. The first kappa shape index (κ1) is 55.2. The van der Waals surface area contributed by atoms with Gasteiger partial charge in [0.15, 0.2) is 5.82 Å². The molecular formula is C84H52N10. The molecule has 94 heavy (non-hydrogen) atoms. The van der Waals surface area contributed by atoms with E-state index in [0.717, 1.165) is 172 Å². The Morgan fingerprint density at radius 3 is 1.20 bits per heavy atom. The molecule has 0 aliphatic carbocycles. The predicted molar refractivity (Wildman–Crippen MR) is 382 cm³/mol. The topological polar surface area (TPSA) is 129 Å². The third-order valence-electron chi connectivity index (χ3n) is 17.3. The van der Waals surface area contributed by atoms with Gasteiger partial charge in [-0.05, 0) is 130 Å². The first-order valence-corrected chi connectivity index (χ1v) is 31.1. The Kier molecular flexibility index (Phi) is 14.0. The molecule has 10 aromatic carbocycles. The fourth-order valence-corrected chi connectivity index (χ4v) is 12.4. The maximum Gasteiger partial charge on any atom is 0.160 e. The van der Waals surface area contributed by atoms with Gasteiger partial charge in [0.05, 0.1) is 78.7 Å². The van der Waals surface area contributed by atoms with E-state index in [4.69, 9.17) is 34.9 Å². The highest BCUT2D eigenvalue weighted by Crippen LogP contribution is 2.35. The van der Waals surface area contributed by atoms with Crippen LogP contribution in [0.15, 0.2) is 316 Å². The third kappa shape index (κ3) is 10.9. The predicted octanol–water partition coefficient (Wildman–Crippen LogP) is 20.4. The lowest BCUT2D eigenvalue weighted by Crippen LogP contribution is -1.97. The van der Waals surface area contributed by atoms with Gasteiger partial charge in [-0.3, -0.25) is 4.98 Å². The normalized spacial score (nSPS) is 11.4. The second kappa shape index (κ2) is 23.8. The molecule has 0 saturated carbocycles. The maximum absolute atomic E-state index is 5.11. The molecule has 8 heterocycles. The third-order valence-corrected chi connectivity index (χ3v) is 17.3. The molecule has 438 valence electrons. The Morgan fingerprint density at radius 1 is 0.181 bits per heavy atom. The summed E-state index contributed by atoms with van der Waals surface area (Å²) in [5.41, 5.74) is 22.3. The van der Waals surface area contributed by atoms with Crippen LogP contribution in [-0.2, 0) is 0 Å². The number of hydrogen-bond acceptors (Lipinski definition) is 10. The minimum absolute atomic E-state index is 0.679. The van der Waals surface area contributed by atoms with Crippen molar-refractivity contribution in [2.75, 3.05) is 0 Å². The van der Waals surface area contributed by atoms with E-state index in [1.807, 2.05) is 103 Å². The van der Waals surface area contributed by atoms with Gasteiger partial charge in [-0.15, -0.1) is 0 Å². The molecule has 0 bridgehead atoms. The van der Waals surface area contributed by atoms with Gasteiger partial charge in [-0.2, -0.15) is 0 Å². The van der Waals surface area contributed by atoms with E-state index < -0.39 is 0 Å². The van der Waals surface area contributed by atoms with Crippen LogP contribution in [0.25, 0.3) is 178 Å². The Hall–Kier alpha value is -12.9. The number of benzene rings is 10. The summed E-state index contributed by atoms with van der Waals surface area (Å²) in [6.45, 7) is 0. The van der Waals surface area contributed by atoms with Gasteiger partial charge in [-0.1, -0.05) is 200 Å². The smallest absolute Gasteiger partial charge is 0.160 e. The molecule has 0 spiro atoms. The molecule has 18 rings (SSSR count).